The Balaban J connectivity index is 1.41. The summed E-state index contributed by atoms with van der Waals surface area (Å²) in [5.41, 5.74) is 2.12. The predicted molar refractivity (Wildman–Crippen MR) is 102 cm³/mol. The molecule has 9 heteroatoms. The fourth-order valence-electron chi connectivity index (χ4n) is 2.49. The molecule has 0 saturated carbocycles. The fourth-order valence-corrected chi connectivity index (χ4v) is 3.41. The van der Waals surface area contributed by atoms with E-state index >= 15 is 0 Å². The van der Waals surface area contributed by atoms with Crippen LogP contribution >= 0.6 is 22.9 Å². The third kappa shape index (κ3) is 3.76. The van der Waals surface area contributed by atoms with Crippen molar-refractivity contribution < 1.29 is 0 Å². The Labute approximate surface area is 159 Å². The molecule has 3 aromatic heterocycles. The molecular formula is C17H16ClN7S. The molecule has 0 unspecified atom stereocenters. The molecule has 4 rings (SSSR count). The van der Waals surface area contributed by atoms with E-state index in [0.717, 1.165) is 27.1 Å². The maximum Gasteiger partial charge on any atom is 0.211 e. The molecule has 0 spiro atoms. The summed E-state index contributed by atoms with van der Waals surface area (Å²) in [6, 6.07) is 11.6. The smallest absolute Gasteiger partial charge is 0.211 e. The summed E-state index contributed by atoms with van der Waals surface area (Å²) < 4.78 is 3.72. The second-order valence-electron chi connectivity index (χ2n) is 5.75. The van der Waals surface area contributed by atoms with Crippen molar-refractivity contribution in [3.8, 4) is 0 Å². The van der Waals surface area contributed by atoms with E-state index in [-0.39, 0.29) is 0 Å². The van der Waals surface area contributed by atoms with Crippen LogP contribution in [0.15, 0.2) is 48.8 Å². The Hall–Kier alpha value is -2.71. The summed E-state index contributed by atoms with van der Waals surface area (Å²) in [6.07, 6.45) is 3.68. The Morgan fingerprint density at radius 1 is 1.12 bits per heavy atom. The van der Waals surface area contributed by atoms with Crippen molar-refractivity contribution in [1.29, 1.82) is 0 Å². The first-order chi connectivity index (χ1) is 12.7. The minimum absolute atomic E-state index is 0.610. The van der Waals surface area contributed by atoms with Crippen LogP contribution in [0.25, 0.3) is 0 Å². The SMILES string of the molecule is Cc1ccnn1Cc1nnc(Nc2ccn(Cc3ccccc3Cl)n2)s1. The molecule has 0 amide bonds. The van der Waals surface area contributed by atoms with E-state index in [1.807, 2.05) is 58.9 Å². The number of nitrogens with one attached hydrogen (secondary N) is 1. The first-order valence-electron chi connectivity index (χ1n) is 8.02. The molecule has 0 bridgehead atoms. The summed E-state index contributed by atoms with van der Waals surface area (Å²) in [5.74, 6) is 0.718. The highest BCUT2D eigenvalue weighted by atomic mass is 35.5. The summed E-state index contributed by atoms with van der Waals surface area (Å²) >= 11 is 7.69. The third-order valence-electron chi connectivity index (χ3n) is 3.85. The zero-order chi connectivity index (χ0) is 17.9. The lowest BCUT2D eigenvalue weighted by Crippen LogP contribution is -2.02. The van der Waals surface area contributed by atoms with Crippen molar-refractivity contribution in [2.24, 2.45) is 0 Å². The van der Waals surface area contributed by atoms with Crippen LogP contribution in [0.5, 0.6) is 0 Å². The average Bonchev–Trinajstić information content (AvgIpc) is 3.35. The summed E-state index contributed by atoms with van der Waals surface area (Å²) in [6.45, 7) is 3.24. The number of rotatable bonds is 6. The number of benzene rings is 1. The largest absolute Gasteiger partial charge is 0.313 e. The van der Waals surface area contributed by atoms with Crippen molar-refractivity contribution in [2.75, 3.05) is 5.32 Å². The van der Waals surface area contributed by atoms with Crippen LogP contribution in [-0.4, -0.2) is 29.8 Å². The lowest BCUT2D eigenvalue weighted by Gasteiger charge is -2.04. The molecule has 1 aromatic carbocycles. The van der Waals surface area contributed by atoms with Crippen molar-refractivity contribution in [1.82, 2.24) is 29.8 Å². The van der Waals surface area contributed by atoms with Crippen LogP contribution in [0.3, 0.4) is 0 Å². The monoisotopic (exact) mass is 385 g/mol. The van der Waals surface area contributed by atoms with Crippen molar-refractivity contribution in [3.63, 3.8) is 0 Å². The lowest BCUT2D eigenvalue weighted by molar-refractivity contribution is 0.657. The number of nitrogens with zero attached hydrogens (tertiary/aromatic N) is 6. The summed E-state index contributed by atoms with van der Waals surface area (Å²) in [7, 11) is 0. The van der Waals surface area contributed by atoms with Crippen molar-refractivity contribution in [2.45, 2.75) is 20.0 Å². The standard InChI is InChI=1S/C17H16ClN7S/c1-12-6-8-19-25(12)11-16-21-22-17(26-16)20-15-7-9-24(23-15)10-13-4-2-3-5-14(13)18/h2-9H,10-11H2,1H3,(H,20,22,23). The molecule has 0 saturated heterocycles. The molecule has 7 nitrogen and oxygen atoms in total. The minimum Gasteiger partial charge on any atom is -0.313 e. The molecule has 0 aliphatic heterocycles. The third-order valence-corrected chi connectivity index (χ3v) is 5.04. The van der Waals surface area contributed by atoms with Crippen LogP contribution in [0.4, 0.5) is 10.9 Å². The van der Waals surface area contributed by atoms with Crippen LogP contribution in [0, 0.1) is 6.92 Å². The van der Waals surface area contributed by atoms with Gasteiger partial charge >= 0.3 is 0 Å². The number of hydrogen-bond donors (Lipinski definition) is 1. The summed E-state index contributed by atoms with van der Waals surface area (Å²) in [5, 5.41) is 22.7. The van der Waals surface area contributed by atoms with Gasteiger partial charge in [-0.25, -0.2) is 0 Å². The Morgan fingerprint density at radius 2 is 2.00 bits per heavy atom. The van der Waals surface area contributed by atoms with E-state index in [9.17, 15) is 0 Å². The molecule has 4 aromatic rings. The number of hydrogen-bond acceptors (Lipinski definition) is 6. The van der Waals surface area contributed by atoms with Gasteiger partial charge in [0, 0.05) is 29.2 Å². The lowest BCUT2D eigenvalue weighted by atomic mass is 10.2. The Bertz CT molecular complexity index is 1020. The molecule has 0 aliphatic carbocycles. The predicted octanol–water partition coefficient (Wildman–Crippen LogP) is 3.73. The second kappa shape index (κ2) is 7.27. The van der Waals surface area contributed by atoms with Gasteiger partial charge in [0.25, 0.3) is 0 Å². The van der Waals surface area contributed by atoms with Gasteiger partial charge in [-0.05, 0) is 24.6 Å². The Kier molecular flexibility index (Phi) is 4.68. The second-order valence-corrected chi connectivity index (χ2v) is 7.22. The molecule has 0 radical (unpaired) electrons. The van der Waals surface area contributed by atoms with Gasteiger partial charge < -0.3 is 5.32 Å². The van der Waals surface area contributed by atoms with Crippen LogP contribution in [0.2, 0.25) is 5.02 Å². The zero-order valence-electron chi connectivity index (χ0n) is 14.0. The number of anilines is 2. The first-order valence-corrected chi connectivity index (χ1v) is 9.21. The highest BCUT2D eigenvalue weighted by Gasteiger charge is 2.09. The van der Waals surface area contributed by atoms with Gasteiger partial charge in [-0.15, -0.1) is 10.2 Å². The molecule has 0 atom stereocenters. The van der Waals surface area contributed by atoms with Crippen LogP contribution in [0.1, 0.15) is 16.3 Å². The molecule has 26 heavy (non-hydrogen) atoms. The van der Waals surface area contributed by atoms with E-state index < -0.39 is 0 Å². The topological polar surface area (TPSA) is 73.5 Å². The van der Waals surface area contributed by atoms with Gasteiger partial charge in [-0.3, -0.25) is 9.36 Å². The molecule has 132 valence electrons. The Morgan fingerprint density at radius 3 is 2.81 bits per heavy atom. The maximum atomic E-state index is 6.20. The van der Waals surface area contributed by atoms with Gasteiger partial charge in [0.1, 0.15) is 5.01 Å². The van der Waals surface area contributed by atoms with Gasteiger partial charge in [0.15, 0.2) is 5.82 Å². The van der Waals surface area contributed by atoms with Crippen molar-refractivity contribution in [3.05, 3.63) is 70.1 Å². The number of halogens is 1. The van der Waals surface area contributed by atoms with Crippen LogP contribution < -0.4 is 5.32 Å². The fraction of sp³-hybridized carbons (Fsp3) is 0.176. The number of aromatic nitrogens is 6. The zero-order valence-corrected chi connectivity index (χ0v) is 15.6. The van der Waals surface area contributed by atoms with Gasteiger partial charge in [0.05, 0.1) is 13.1 Å². The minimum atomic E-state index is 0.610. The van der Waals surface area contributed by atoms with E-state index in [1.54, 1.807) is 6.20 Å². The van der Waals surface area contributed by atoms with Gasteiger partial charge in [0.2, 0.25) is 5.13 Å². The normalized spacial score (nSPS) is 11.0. The van der Waals surface area contributed by atoms with Crippen LogP contribution in [-0.2, 0) is 13.1 Å². The highest BCUT2D eigenvalue weighted by Crippen LogP contribution is 2.21. The van der Waals surface area contributed by atoms with E-state index in [2.05, 4.69) is 25.7 Å². The maximum absolute atomic E-state index is 6.20. The molecule has 0 fully saturated rings. The average molecular weight is 386 g/mol. The highest BCUT2D eigenvalue weighted by molar-refractivity contribution is 7.15. The molecule has 3 heterocycles. The first kappa shape index (κ1) is 16.7. The van der Waals surface area contributed by atoms with E-state index in [4.69, 9.17) is 11.6 Å². The van der Waals surface area contributed by atoms with E-state index in [1.165, 1.54) is 11.3 Å². The summed E-state index contributed by atoms with van der Waals surface area (Å²) in [4.78, 5) is 0. The van der Waals surface area contributed by atoms with Gasteiger partial charge in [-0.1, -0.05) is 41.1 Å². The van der Waals surface area contributed by atoms with Gasteiger partial charge in [-0.2, -0.15) is 10.2 Å². The number of aryl methyl sites for hydroxylation is 1. The van der Waals surface area contributed by atoms with Crippen molar-refractivity contribution >= 4 is 33.9 Å². The molecule has 1 N–H and O–H groups in total. The quantitative estimate of drug-likeness (QED) is 0.547. The van der Waals surface area contributed by atoms with E-state index in [0.29, 0.717) is 18.2 Å². The molecule has 0 aliphatic rings. The molecular weight excluding hydrogens is 370 g/mol.